The molecule has 0 amide bonds. The number of hydrogen-bond acceptors (Lipinski definition) is 2. The summed E-state index contributed by atoms with van der Waals surface area (Å²) < 4.78 is 40.2. The van der Waals surface area contributed by atoms with Crippen LogP contribution in [-0.2, 0) is 6.54 Å². The van der Waals surface area contributed by atoms with Crippen LogP contribution in [0.5, 0.6) is 5.75 Å². The lowest BCUT2D eigenvalue weighted by Crippen LogP contribution is -2.20. The number of halogens is 5. The third-order valence-electron chi connectivity index (χ3n) is 1.63. The molecule has 1 aromatic rings. The second-order valence-electron chi connectivity index (χ2n) is 2.86. The molecule has 7 heteroatoms. The molecule has 0 saturated heterocycles. The van der Waals surface area contributed by atoms with E-state index in [0.717, 1.165) is 0 Å². The summed E-state index contributed by atoms with van der Waals surface area (Å²) in [5, 5.41) is 0.412. The Morgan fingerprint density at radius 1 is 1.31 bits per heavy atom. The van der Waals surface area contributed by atoms with Gasteiger partial charge in [-0.3, -0.25) is 0 Å². The molecular weight excluding hydrogens is 266 g/mol. The normalized spacial score (nSPS) is 10.8. The van der Waals surface area contributed by atoms with Gasteiger partial charge in [0.25, 0.3) is 0 Å². The first-order valence-corrected chi connectivity index (χ1v) is 4.48. The van der Waals surface area contributed by atoms with Crippen molar-refractivity contribution in [2.75, 3.05) is 6.61 Å². The van der Waals surface area contributed by atoms with E-state index in [0.29, 0.717) is 10.6 Å². The summed E-state index contributed by atoms with van der Waals surface area (Å²) in [7, 11) is 0. The topological polar surface area (TPSA) is 35.2 Å². The molecule has 0 atom stereocenters. The van der Waals surface area contributed by atoms with Crippen LogP contribution in [0.2, 0.25) is 5.02 Å². The van der Waals surface area contributed by atoms with Gasteiger partial charge in [-0.1, -0.05) is 11.6 Å². The minimum absolute atomic E-state index is 0. The van der Waals surface area contributed by atoms with Gasteiger partial charge in [0.2, 0.25) is 0 Å². The highest BCUT2D eigenvalue weighted by Crippen LogP contribution is 2.24. The van der Waals surface area contributed by atoms with Crippen LogP contribution in [0.3, 0.4) is 0 Å². The summed E-state index contributed by atoms with van der Waals surface area (Å²) in [6.07, 6.45) is -4.36. The van der Waals surface area contributed by atoms with Gasteiger partial charge in [-0.25, -0.2) is 0 Å². The Kier molecular flexibility index (Phi) is 5.92. The second-order valence-corrected chi connectivity index (χ2v) is 3.30. The van der Waals surface area contributed by atoms with E-state index >= 15 is 0 Å². The van der Waals surface area contributed by atoms with Crippen molar-refractivity contribution in [3.05, 3.63) is 28.8 Å². The van der Waals surface area contributed by atoms with Crippen molar-refractivity contribution in [1.82, 2.24) is 0 Å². The molecule has 0 aliphatic carbocycles. The Morgan fingerprint density at radius 2 is 1.94 bits per heavy atom. The zero-order valence-electron chi connectivity index (χ0n) is 8.05. The fraction of sp³-hybridized carbons (Fsp3) is 0.333. The summed E-state index contributed by atoms with van der Waals surface area (Å²) in [6.45, 7) is -1.25. The van der Waals surface area contributed by atoms with Crippen LogP contribution in [0.1, 0.15) is 5.56 Å². The lowest BCUT2D eigenvalue weighted by Gasteiger charge is -2.12. The number of hydrogen-bond donors (Lipinski definition) is 1. The van der Waals surface area contributed by atoms with E-state index in [1.54, 1.807) is 0 Å². The lowest BCUT2D eigenvalue weighted by molar-refractivity contribution is -0.153. The molecule has 16 heavy (non-hydrogen) atoms. The maximum absolute atomic E-state index is 11.9. The quantitative estimate of drug-likeness (QED) is 0.920. The molecule has 0 aliphatic rings. The third-order valence-corrected chi connectivity index (χ3v) is 1.87. The predicted octanol–water partition coefficient (Wildman–Crippen LogP) is 3.16. The van der Waals surface area contributed by atoms with Crippen LogP contribution >= 0.6 is 24.0 Å². The fourth-order valence-corrected chi connectivity index (χ4v) is 1.20. The minimum Gasteiger partial charge on any atom is -0.484 e. The molecule has 92 valence electrons. The van der Waals surface area contributed by atoms with Gasteiger partial charge in [0, 0.05) is 17.1 Å². The van der Waals surface area contributed by atoms with Crippen molar-refractivity contribution in [3.8, 4) is 5.75 Å². The van der Waals surface area contributed by atoms with Gasteiger partial charge in [-0.05, 0) is 18.2 Å². The van der Waals surface area contributed by atoms with Crippen LogP contribution in [0.4, 0.5) is 13.2 Å². The minimum atomic E-state index is -4.36. The first kappa shape index (κ1) is 15.3. The van der Waals surface area contributed by atoms with Crippen molar-refractivity contribution in [3.63, 3.8) is 0 Å². The Morgan fingerprint density at radius 3 is 2.44 bits per heavy atom. The van der Waals surface area contributed by atoms with Crippen molar-refractivity contribution in [1.29, 1.82) is 0 Å². The maximum Gasteiger partial charge on any atom is 0.422 e. The Balaban J connectivity index is 0.00000225. The van der Waals surface area contributed by atoms with Crippen molar-refractivity contribution < 1.29 is 17.9 Å². The summed E-state index contributed by atoms with van der Waals surface area (Å²) in [5.74, 6) is 0.110. The zero-order chi connectivity index (χ0) is 11.5. The van der Waals surface area contributed by atoms with E-state index in [4.69, 9.17) is 17.3 Å². The number of benzene rings is 1. The standard InChI is InChI=1S/C9H9ClF3NO.ClH/c10-7-1-2-8(6(3-7)4-14)15-5-9(11,12)13;/h1-3H,4-5,14H2;1H. The zero-order valence-corrected chi connectivity index (χ0v) is 9.62. The molecule has 2 N–H and O–H groups in total. The summed E-state index contributed by atoms with van der Waals surface area (Å²) >= 11 is 5.65. The largest absolute Gasteiger partial charge is 0.484 e. The number of rotatable bonds is 3. The van der Waals surface area contributed by atoms with E-state index in [2.05, 4.69) is 4.74 Å². The molecule has 0 bridgehead atoms. The van der Waals surface area contributed by atoms with E-state index < -0.39 is 12.8 Å². The third kappa shape index (κ3) is 4.92. The molecule has 0 fully saturated rings. The first-order chi connectivity index (χ1) is 6.92. The smallest absolute Gasteiger partial charge is 0.422 e. The van der Waals surface area contributed by atoms with Gasteiger partial charge in [0.1, 0.15) is 5.75 Å². The Bertz CT molecular complexity index is 344. The monoisotopic (exact) mass is 275 g/mol. The fourth-order valence-electron chi connectivity index (χ4n) is 1.01. The maximum atomic E-state index is 11.9. The van der Waals surface area contributed by atoms with Crippen LogP contribution in [-0.4, -0.2) is 12.8 Å². The molecule has 0 spiro atoms. The van der Waals surface area contributed by atoms with Crippen molar-refractivity contribution >= 4 is 24.0 Å². The molecule has 0 aromatic heterocycles. The predicted molar refractivity (Wildman–Crippen MR) is 58.1 cm³/mol. The van der Waals surface area contributed by atoms with Crippen LogP contribution in [0, 0.1) is 0 Å². The lowest BCUT2D eigenvalue weighted by atomic mass is 10.2. The van der Waals surface area contributed by atoms with Gasteiger partial charge < -0.3 is 10.5 Å². The van der Waals surface area contributed by atoms with Crippen LogP contribution in [0.25, 0.3) is 0 Å². The average Bonchev–Trinajstić information content (AvgIpc) is 2.14. The van der Waals surface area contributed by atoms with Crippen LogP contribution < -0.4 is 10.5 Å². The van der Waals surface area contributed by atoms with Gasteiger partial charge in [-0.2, -0.15) is 13.2 Å². The number of alkyl halides is 3. The van der Waals surface area contributed by atoms with E-state index in [-0.39, 0.29) is 24.7 Å². The van der Waals surface area contributed by atoms with E-state index in [1.807, 2.05) is 0 Å². The molecule has 0 aliphatic heterocycles. The molecule has 1 rings (SSSR count). The van der Waals surface area contributed by atoms with Gasteiger partial charge >= 0.3 is 6.18 Å². The summed E-state index contributed by atoms with van der Waals surface area (Å²) in [4.78, 5) is 0. The summed E-state index contributed by atoms with van der Waals surface area (Å²) in [5.41, 5.74) is 5.79. The highest BCUT2D eigenvalue weighted by atomic mass is 35.5. The van der Waals surface area contributed by atoms with Gasteiger partial charge in [-0.15, -0.1) is 12.4 Å². The summed E-state index contributed by atoms with van der Waals surface area (Å²) in [6, 6.07) is 4.30. The molecule has 1 aromatic carbocycles. The molecule has 0 radical (unpaired) electrons. The number of nitrogens with two attached hydrogens (primary N) is 1. The highest BCUT2D eigenvalue weighted by molar-refractivity contribution is 6.30. The molecule has 0 saturated carbocycles. The van der Waals surface area contributed by atoms with Gasteiger partial charge in [0.05, 0.1) is 0 Å². The SMILES string of the molecule is Cl.NCc1cc(Cl)ccc1OCC(F)(F)F. The van der Waals surface area contributed by atoms with Crippen molar-refractivity contribution in [2.45, 2.75) is 12.7 Å². The average molecular weight is 276 g/mol. The molecule has 0 unspecified atom stereocenters. The Labute approximate surface area is 102 Å². The van der Waals surface area contributed by atoms with Crippen LogP contribution in [0.15, 0.2) is 18.2 Å². The first-order valence-electron chi connectivity index (χ1n) is 4.10. The molecular formula is C9H10Cl2F3NO. The van der Waals surface area contributed by atoms with E-state index in [9.17, 15) is 13.2 Å². The highest BCUT2D eigenvalue weighted by Gasteiger charge is 2.28. The molecule has 2 nitrogen and oxygen atoms in total. The van der Waals surface area contributed by atoms with Gasteiger partial charge in [0.15, 0.2) is 6.61 Å². The Hall–Kier alpha value is -0.650. The van der Waals surface area contributed by atoms with Crippen molar-refractivity contribution in [2.24, 2.45) is 5.73 Å². The molecule has 0 heterocycles. The van der Waals surface area contributed by atoms with E-state index in [1.165, 1.54) is 18.2 Å². The second kappa shape index (κ2) is 6.18. The number of ether oxygens (including phenoxy) is 1.